The van der Waals surface area contributed by atoms with Crippen LogP contribution in [0.5, 0.6) is 0 Å². The lowest BCUT2D eigenvalue weighted by Gasteiger charge is -2.29. The van der Waals surface area contributed by atoms with Crippen molar-refractivity contribution in [1.29, 1.82) is 0 Å². The summed E-state index contributed by atoms with van der Waals surface area (Å²) in [6.07, 6.45) is 2.44. The van der Waals surface area contributed by atoms with Crippen LogP contribution in [-0.2, 0) is 0 Å². The first-order chi connectivity index (χ1) is 4.40. The third kappa shape index (κ3) is 0.989. The summed E-state index contributed by atoms with van der Waals surface area (Å²) in [7, 11) is 0. The molecule has 1 fully saturated rings. The largest absolute Gasteiger partial charge is 0.0892 e. The molecule has 0 aromatic heterocycles. The Morgan fingerprint density at radius 1 is 1.40 bits per heavy atom. The molecule has 0 bridgehead atoms. The fourth-order valence-corrected chi connectivity index (χ4v) is 2.03. The van der Waals surface area contributed by atoms with Gasteiger partial charge in [-0.3, -0.25) is 0 Å². The summed E-state index contributed by atoms with van der Waals surface area (Å²) in [5, 5.41) is 0.847. The predicted octanol–water partition coefficient (Wildman–Crippen LogP) is 3.57. The zero-order valence-electron chi connectivity index (χ0n) is 7.00. The summed E-state index contributed by atoms with van der Waals surface area (Å²) >= 11 is 5.92. The van der Waals surface area contributed by atoms with Crippen molar-refractivity contribution in [1.82, 2.24) is 0 Å². The third-order valence-electron chi connectivity index (χ3n) is 2.70. The molecule has 0 heterocycles. The Labute approximate surface area is 68.3 Å². The Morgan fingerprint density at radius 2 is 1.80 bits per heavy atom. The van der Waals surface area contributed by atoms with E-state index in [1.807, 2.05) is 0 Å². The van der Waals surface area contributed by atoms with Crippen LogP contribution in [0.15, 0.2) is 11.6 Å². The van der Waals surface area contributed by atoms with Gasteiger partial charge in [0.05, 0.1) is 0 Å². The van der Waals surface area contributed by atoms with E-state index in [-0.39, 0.29) is 5.41 Å². The van der Waals surface area contributed by atoms with Crippen LogP contribution in [0.2, 0.25) is 0 Å². The van der Waals surface area contributed by atoms with E-state index in [0.717, 1.165) is 5.03 Å². The maximum Gasteiger partial charge on any atom is 0.0176 e. The Kier molecular flexibility index (Phi) is 1.63. The van der Waals surface area contributed by atoms with Gasteiger partial charge >= 0.3 is 0 Å². The number of hydrogen-bond donors (Lipinski definition) is 0. The van der Waals surface area contributed by atoms with E-state index in [9.17, 15) is 0 Å². The highest BCUT2D eigenvalue weighted by atomic mass is 35.5. The van der Waals surface area contributed by atoms with Crippen LogP contribution in [0, 0.1) is 10.8 Å². The molecule has 0 aromatic carbocycles. The van der Waals surface area contributed by atoms with E-state index < -0.39 is 0 Å². The lowest BCUT2D eigenvalue weighted by atomic mass is 9.77. The normalized spacial score (nSPS) is 22.4. The maximum atomic E-state index is 5.92. The summed E-state index contributed by atoms with van der Waals surface area (Å²) in [4.78, 5) is 0. The molecule has 0 aliphatic heterocycles. The van der Waals surface area contributed by atoms with Gasteiger partial charge < -0.3 is 0 Å². The summed E-state index contributed by atoms with van der Waals surface area (Å²) < 4.78 is 0. The average Bonchev–Trinajstić information content (AvgIpc) is 2.36. The fraction of sp³-hybridized carbons (Fsp3) is 0.778. The molecule has 1 aliphatic carbocycles. The first-order valence-electron chi connectivity index (χ1n) is 3.75. The maximum absolute atomic E-state index is 5.92. The minimum atomic E-state index is 0.258. The zero-order valence-corrected chi connectivity index (χ0v) is 7.76. The standard InChI is InChI=1S/C9H15Cl/c1-7(10)9(5-6-9)8(2,3)4/h1,5-6H2,2-4H3. The lowest BCUT2D eigenvalue weighted by Crippen LogP contribution is -2.21. The van der Waals surface area contributed by atoms with Crippen LogP contribution >= 0.6 is 11.6 Å². The van der Waals surface area contributed by atoms with Crippen molar-refractivity contribution >= 4 is 11.6 Å². The van der Waals surface area contributed by atoms with Gasteiger partial charge in [-0.1, -0.05) is 39.0 Å². The Balaban J connectivity index is 2.80. The second-order valence-corrected chi connectivity index (χ2v) is 4.69. The van der Waals surface area contributed by atoms with Gasteiger partial charge in [-0.15, -0.1) is 0 Å². The predicted molar refractivity (Wildman–Crippen MR) is 46.1 cm³/mol. The second kappa shape index (κ2) is 2.01. The van der Waals surface area contributed by atoms with E-state index in [1.54, 1.807) is 0 Å². The number of halogens is 1. The lowest BCUT2D eigenvalue weighted by molar-refractivity contribution is 0.266. The smallest absolute Gasteiger partial charge is 0.0176 e. The van der Waals surface area contributed by atoms with Crippen molar-refractivity contribution in [3.05, 3.63) is 11.6 Å². The number of allylic oxidation sites excluding steroid dienone is 1. The molecule has 0 unspecified atom stereocenters. The summed E-state index contributed by atoms with van der Waals surface area (Å²) in [5.74, 6) is 0. The van der Waals surface area contributed by atoms with Crippen LogP contribution in [0.3, 0.4) is 0 Å². The highest BCUT2D eigenvalue weighted by Crippen LogP contribution is 2.63. The molecule has 0 atom stereocenters. The molecule has 10 heavy (non-hydrogen) atoms. The van der Waals surface area contributed by atoms with Crippen LogP contribution in [-0.4, -0.2) is 0 Å². The Hall–Kier alpha value is 0.0300. The minimum Gasteiger partial charge on any atom is -0.0892 e. The summed E-state index contributed by atoms with van der Waals surface area (Å²) in [6.45, 7) is 10.5. The number of rotatable bonds is 1. The Bertz CT molecular complexity index is 158. The molecule has 0 nitrogen and oxygen atoms in total. The zero-order chi connectivity index (χ0) is 7.99. The summed E-state index contributed by atoms with van der Waals surface area (Å²) in [6, 6.07) is 0. The van der Waals surface area contributed by atoms with Crippen LogP contribution in [0.25, 0.3) is 0 Å². The van der Waals surface area contributed by atoms with Gasteiger partial charge in [-0.25, -0.2) is 0 Å². The molecule has 1 saturated carbocycles. The molecule has 0 saturated heterocycles. The molecule has 0 amide bonds. The SMILES string of the molecule is C=C(Cl)C1(C(C)(C)C)CC1. The molecule has 1 rings (SSSR count). The quantitative estimate of drug-likeness (QED) is 0.548. The van der Waals surface area contributed by atoms with Crippen molar-refractivity contribution in [2.75, 3.05) is 0 Å². The number of hydrogen-bond acceptors (Lipinski definition) is 0. The highest BCUT2D eigenvalue weighted by molar-refractivity contribution is 6.30. The van der Waals surface area contributed by atoms with Gasteiger partial charge in [0.25, 0.3) is 0 Å². The van der Waals surface area contributed by atoms with Crippen LogP contribution in [0.1, 0.15) is 33.6 Å². The molecular weight excluding hydrogens is 144 g/mol. The Morgan fingerprint density at radius 3 is 1.80 bits per heavy atom. The van der Waals surface area contributed by atoms with Crippen molar-refractivity contribution in [3.8, 4) is 0 Å². The fourth-order valence-electron chi connectivity index (χ4n) is 1.55. The third-order valence-corrected chi connectivity index (χ3v) is 3.07. The monoisotopic (exact) mass is 158 g/mol. The van der Waals surface area contributed by atoms with Gasteiger partial charge in [0.1, 0.15) is 0 Å². The second-order valence-electron chi connectivity index (χ2n) is 4.24. The van der Waals surface area contributed by atoms with Gasteiger partial charge in [0.15, 0.2) is 0 Å². The van der Waals surface area contributed by atoms with E-state index in [0.29, 0.717) is 5.41 Å². The van der Waals surface area contributed by atoms with E-state index in [4.69, 9.17) is 11.6 Å². The van der Waals surface area contributed by atoms with Crippen molar-refractivity contribution in [2.45, 2.75) is 33.6 Å². The van der Waals surface area contributed by atoms with E-state index in [1.165, 1.54) is 12.8 Å². The first kappa shape index (κ1) is 8.13. The van der Waals surface area contributed by atoms with E-state index in [2.05, 4.69) is 27.4 Å². The molecule has 1 aliphatic rings. The van der Waals surface area contributed by atoms with Crippen molar-refractivity contribution < 1.29 is 0 Å². The average molecular weight is 159 g/mol. The topological polar surface area (TPSA) is 0 Å². The molecule has 1 heteroatoms. The van der Waals surface area contributed by atoms with Crippen LogP contribution < -0.4 is 0 Å². The van der Waals surface area contributed by atoms with Gasteiger partial charge in [0.2, 0.25) is 0 Å². The van der Waals surface area contributed by atoms with E-state index >= 15 is 0 Å². The summed E-state index contributed by atoms with van der Waals surface area (Å²) in [5.41, 5.74) is 0.556. The molecule has 0 radical (unpaired) electrons. The molecule has 0 N–H and O–H groups in total. The van der Waals surface area contributed by atoms with Crippen molar-refractivity contribution in [3.63, 3.8) is 0 Å². The van der Waals surface area contributed by atoms with Gasteiger partial charge in [-0.05, 0) is 18.3 Å². The first-order valence-corrected chi connectivity index (χ1v) is 4.13. The molecule has 58 valence electrons. The minimum absolute atomic E-state index is 0.258. The van der Waals surface area contributed by atoms with Crippen molar-refractivity contribution in [2.24, 2.45) is 10.8 Å². The molecule has 0 aromatic rings. The van der Waals surface area contributed by atoms with Crippen LogP contribution in [0.4, 0.5) is 0 Å². The highest BCUT2D eigenvalue weighted by Gasteiger charge is 2.53. The van der Waals surface area contributed by atoms with Gasteiger partial charge in [-0.2, -0.15) is 0 Å². The molecular formula is C9H15Cl. The van der Waals surface area contributed by atoms with Gasteiger partial charge in [0, 0.05) is 10.4 Å². The molecule has 0 spiro atoms.